The molecule has 2 aliphatic rings. The number of morpholine rings is 1. The largest absolute Gasteiger partial charge is 0.378 e. The number of para-hydroxylation sites is 2. The molecule has 2 aliphatic heterocycles. The maximum Gasteiger partial charge on any atom is 0.296 e. The van der Waals surface area contributed by atoms with E-state index in [2.05, 4.69) is 9.88 Å². The Morgan fingerprint density at radius 2 is 1.72 bits per heavy atom. The van der Waals surface area contributed by atoms with Crippen LogP contribution < -0.4 is 15.5 Å². The average molecular weight is 501 g/mol. The van der Waals surface area contributed by atoms with E-state index >= 15 is 0 Å². The van der Waals surface area contributed by atoms with E-state index in [1.807, 2.05) is 18.7 Å². The lowest BCUT2D eigenvalue weighted by Gasteiger charge is -2.44. The number of imidazole rings is 1. The molecule has 2 saturated heterocycles. The van der Waals surface area contributed by atoms with Crippen molar-refractivity contribution >= 4 is 28.7 Å². The second-order valence-corrected chi connectivity index (χ2v) is 9.19. The number of carbonyl (C=O) groups is 1. The van der Waals surface area contributed by atoms with Gasteiger partial charge < -0.3 is 25.2 Å². The number of fused-ring (bicyclic) bond motifs is 1. The van der Waals surface area contributed by atoms with E-state index in [-0.39, 0.29) is 30.4 Å². The smallest absolute Gasteiger partial charge is 0.296 e. The van der Waals surface area contributed by atoms with Gasteiger partial charge in [0.1, 0.15) is 11.6 Å². The molecule has 0 radical (unpaired) electrons. The quantitative estimate of drug-likeness (QED) is 0.567. The van der Waals surface area contributed by atoms with E-state index in [0.717, 1.165) is 0 Å². The van der Waals surface area contributed by atoms with Crippen LogP contribution in [0.4, 0.5) is 20.5 Å². The summed E-state index contributed by atoms with van der Waals surface area (Å²) in [6.07, 6.45) is -2.78. The highest BCUT2D eigenvalue weighted by Crippen LogP contribution is 2.30. The highest BCUT2D eigenvalue weighted by molar-refractivity contribution is 5.79. The van der Waals surface area contributed by atoms with Gasteiger partial charge in [0.2, 0.25) is 11.9 Å². The molecule has 0 saturated carbocycles. The maximum absolute atomic E-state index is 14.1. The Hall–Kier alpha value is -3.38. The van der Waals surface area contributed by atoms with Crippen LogP contribution in [0, 0.1) is 0 Å². The molecule has 1 aromatic carbocycles. The Balaban J connectivity index is 1.61. The van der Waals surface area contributed by atoms with Crippen LogP contribution >= 0.6 is 0 Å². The van der Waals surface area contributed by atoms with Crippen molar-refractivity contribution in [3.05, 3.63) is 36.2 Å². The summed E-state index contributed by atoms with van der Waals surface area (Å²) in [5.41, 5.74) is 6.63. The lowest BCUT2D eigenvalue weighted by Crippen LogP contribution is -2.60. The van der Waals surface area contributed by atoms with Gasteiger partial charge in [0, 0.05) is 44.3 Å². The Labute approximate surface area is 207 Å². The van der Waals surface area contributed by atoms with Gasteiger partial charge in [-0.1, -0.05) is 12.1 Å². The molecule has 2 fully saturated rings. The number of piperazine rings is 1. The van der Waals surface area contributed by atoms with Crippen molar-refractivity contribution in [2.75, 3.05) is 55.7 Å². The summed E-state index contributed by atoms with van der Waals surface area (Å²) in [7, 11) is 0. The molecule has 36 heavy (non-hydrogen) atoms. The van der Waals surface area contributed by atoms with Crippen molar-refractivity contribution in [2.24, 2.45) is 5.73 Å². The highest BCUT2D eigenvalue weighted by atomic mass is 19.3. The van der Waals surface area contributed by atoms with Crippen LogP contribution in [0.15, 0.2) is 30.3 Å². The number of amides is 1. The van der Waals surface area contributed by atoms with Gasteiger partial charge in [-0.15, -0.1) is 0 Å². The molecule has 192 valence electrons. The number of aromatic nitrogens is 4. The van der Waals surface area contributed by atoms with E-state index in [9.17, 15) is 13.6 Å². The molecule has 2 aromatic heterocycles. The number of alkyl halides is 2. The molecular formula is C24H30F2N8O2. The van der Waals surface area contributed by atoms with E-state index < -0.39 is 6.43 Å². The predicted molar refractivity (Wildman–Crippen MR) is 132 cm³/mol. The highest BCUT2D eigenvalue weighted by Gasteiger charge is 2.34. The molecule has 0 aliphatic carbocycles. The van der Waals surface area contributed by atoms with Gasteiger partial charge in [-0.05, 0) is 26.0 Å². The van der Waals surface area contributed by atoms with Gasteiger partial charge in [-0.3, -0.25) is 9.36 Å². The zero-order valence-electron chi connectivity index (χ0n) is 20.3. The molecule has 12 heteroatoms. The molecule has 4 heterocycles. The fourth-order valence-electron chi connectivity index (χ4n) is 5.14. The third kappa shape index (κ3) is 4.46. The number of carbonyl (C=O) groups excluding carboxylic acids is 1. The number of hydrogen-bond acceptors (Lipinski definition) is 8. The van der Waals surface area contributed by atoms with Crippen molar-refractivity contribution in [3.63, 3.8) is 0 Å². The SMILES string of the molecule is C[C@@H]1CN(c2nc(N3CCOCC3)cc(-n3c(C(F)F)nc4ccccc43)n2)C[C@H](C)N1C(=O)CN. The zero-order chi connectivity index (χ0) is 25.4. The summed E-state index contributed by atoms with van der Waals surface area (Å²) in [5.74, 6) is 0.910. The molecule has 3 aromatic rings. The maximum atomic E-state index is 14.1. The van der Waals surface area contributed by atoms with Gasteiger partial charge in [-0.25, -0.2) is 13.8 Å². The van der Waals surface area contributed by atoms with Crippen LogP contribution in [-0.4, -0.2) is 88.3 Å². The Kier molecular flexibility index (Phi) is 6.71. The second kappa shape index (κ2) is 9.94. The van der Waals surface area contributed by atoms with Crippen LogP contribution in [-0.2, 0) is 9.53 Å². The monoisotopic (exact) mass is 500 g/mol. The van der Waals surface area contributed by atoms with Gasteiger partial charge in [0.05, 0.1) is 30.8 Å². The summed E-state index contributed by atoms with van der Waals surface area (Å²) in [6, 6.07) is 8.52. The van der Waals surface area contributed by atoms with Gasteiger partial charge in [0.15, 0.2) is 5.82 Å². The van der Waals surface area contributed by atoms with Crippen molar-refractivity contribution < 1.29 is 18.3 Å². The first-order chi connectivity index (χ1) is 17.4. The molecule has 10 nitrogen and oxygen atoms in total. The van der Waals surface area contributed by atoms with Crippen molar-refractivity contribution in [1.82, 2.24) is 24.4 Å². The lowest BCUT2D eigenvalue weighted by molar-refractivity contribution is -0.134. The first-order valence-electron chi connectivity index (χ1n) is 12.1. The molecule has 0 bridgehead atoms. The Morgan fingerprint density at radius 3 is 2.39 bits per heavy atom. The van der Waals surface area contributed by atoms with Gasteiger partial charge in [-0.2, -0.15) is 9.97 Å². The van der Waals surface area contributed by atoms with E-state index in [4.69, 9.17) is 20.4 Å². The zero-order valence-corrected chi connectivity index (χ0v) is 20.3. The number of nitrogens with two attached hydrogens (primary N) is 1. The van der Waals surface area contributed by atoms with Crippen LogP contribution in [0.2, 0.25) is 0 Å². The molecule has 5 rings (SSSR count). The number of halogens is 2. The topological polar surface area (TPSA) is 106 Å². The minimum Gasteiger partial charge on any atom is -0.378 e. The molecule has 0 unspecified atom stereocenters. The fourth-order valence-corrected chi connectivity index (χ4v) is 5.14. The molecule has 2 N–H and O–H groups in total. The first kappa shape index (κ1) is 24.3. The Bertz CT molecular complexity index is 1230. The van der Waals surface area contributed by atoms with Crippen molar-refractivity contribution in [3.8, 4) is 5.82 Å². The number of hydrogen-bond donors (Lipinski definition) is 1. The Morgan fingerprint density at radius 1 is 1.06 bits per heavy atom. The third-order valence-electron chi connectivity index (χ3n) is 6.70. The number of nitrogens with zero attached hydrogens (tertiary/aromatic N) is 7. The summed E-state index contributed by atoms with van der Waals surface area (Å²) in [5, 5.41) is 0. The molecule has 0 spiro atoms. The molecule has 2 atom stereocenters. The minimum absolute atomic E-state index is 0.0496. The number of anilines is 2. The standard InChI is InChI=1S/C24H30F2N8O2/c1-15-13-32(14-16(2)33(15)21(35)12-27)24-29-19(31-7-9-36-10-8-31)11-20(30-24)34-18-6-4-3-5-17(18)28-23(34)22(25)26/h3-6,11,15-16,22H,7-10,12-14,27H2,1-2H3/t15-,16+. The van der Waals surface area contributed by atoms with E-state index in [0.29, 0.717) is 68.0 Å². The van der Waals surface area contributed by atoms with Crippen LogP contribution in [0.5, 0.6) is 0 Å². The molecular weight excluding hydrogens is 470 g/mol. The first-order valence-corrected chi connectivity index (χ1v) is 12.1. The normalized spacial score (nSPS) is 21.0. The van der Waals surface area contributed by atoms with Crippen LogP contribution in [0.1, 0.15) is 26.1 Å². The number of rotatable bonds is 5. The summed E-state index contributed by atoms with van der Waals surface area (Å²) in [6.45, 7) is 7.23. The fraction of sp³-hybridized carbons (Fsp3) is 0.500. The summed E-state index contributed by atoms with van der Waals surface area (Å²) >= 11 is 0. The third-order valence-corrected chi connectivity index (χ3v) is 6.70. The van der Waals surface area contributed by atoms with Crippen LogP contribution in [0.25, 0.3) is 16.9 Å². The van der Waals surface area contributed by atoms with Crippen molar-refractivity contribution in [1.29, 1.82) is 0 Å². The van der Waals surface area contributed by atoms with E-state index in [1.165, 1.54) is 4.57 Å². The van der Waals surface area contributed by atoms with Crippen LogP contribution in [0.3, 0.4) is 0 Å². The number of ether oxygens (including phenoxy) is 1. The van der Waals surface area contributed by atoms with E-state index in [1.54, 1.807) is 35.2 Å². The minimum atomic E-state index is -2.78. The van der Waals surface area contributed by atoms with Crippen molar-refractivity contribution in [2.45, 2.75) is 32.4 Å². The lowest BCUT2D eigenvalue weighted by atomic mass is 10.1. The second-order valence-electron chi connectivity index (χ2n) is 9.19. The summed E-state index contributed by atoms with van der Waals surface area (Å²) in [4.78, 5) is 32.0. The molecule has 1 amide bonds. The number of benzene rings is 1. The van der Waals surface area contributed by atoms with Gasteiger partial charge in [0.25, 0.3) is 6.43 Å². The summed E-state index contributed by atoms with van der Waals surface area (Å²) < 4.78 is 35.1. The van der Waals surface area contributed by atoms with Gasteiger partial charge >= 0.3 is 0 Å². The average Bonchev–Trinajstić information content (AvgIpc) is 3.28. The predicted octanol–water partition coefficient (Wildman–Crippen LogP) is 1.97.